The summed E-state index contributed by atoms with van der Waals surface area (Å²) in [6.45, 7) is 1.86. The van der Waals surface area contributed by atoms with Crippen LogP contribution in [-0.4, -0.2) is 41.3 Å². The molecule has 4 unspecified atom stereocenters. The van der Waals surface area contributed by atoms with Crippen molar-refractivity contribution in [3.63, 3.8) is 0 Å². The van der Waals surface area contributed by atoms with E-state index in [0.29, 0.717) is 5.92 Å². The summed E-state index contributed by atoms with van der Waals surface area (Å²) in [5.74, 6) is 0.475. The topological polar surface area (TPSA) is 56.8 Å². The van der Waals surface area contributed by atoms with Gasteiger partial charge >= 0.3 is 5.97 Å². The van der Waals surface area contributed by atoms with Crippen LogP contribution in [0.5, 0.6) is 0 Å². The van der Waals surface area contributed by atoms with Crippen LogP contribution in [0.25, 0.3) is 0 Å². The van der Waals surface area contributed by atoms with Crippen LogP contribution in [-0.2, 0) is 9.53 Å². The van der Waals surface area contributed by atoms with E-state index in [1.54, 1.807) is 0 Å². The number of ether oxygens (including phenoxy) is 1. The molecule has 19 heavy (non-hydrogen) atoms. The maximum atomic E-state index is 12.4. The van der Waals surface area contributed by atoms with Gasteiger partial charge in [0.25, 0.3) is 0 Å². The molecule has 4 aliphatic heterocycles. The Morgan fingerprint density at radius 1 is 1.05 bits per heavy atom. The van der Waals surface area contributed by atoms with Crippen molar-refractivity contribution >= 4 is 5.97 Å². The largest absolute Gasteiger partial charge is 0.438 e. The molecule has 4 aliphatic rings. The van der Waals surface area contributed by atoms with E-state index < -0.39 is 0 Å². The number of esters is 1. The van der Waals surface area contributed by atoms with Crippen molar-refractivity contribution < 1.29 is 9.53 Å². The monoisotopic (exact) mass is 262 g/mol. The van der Waals surface area contributed by atoms with Gasteiger partial charge in [0.2, 0.25) is 0 Å². The van der Waals surface area contributed by atoms with Gasteiger partial charge in [0, 0.05) is 37.3 Å². The Bertz CT molecular complexity index is 422. The number of carbonyl (C=O) groups excluding carboxylic acids is 1. The number of hydrogen-bond donors (Lipinski definition) is 2. The van der Waals surface area contributed by atoms with Gasteiger partial charge in [0.1, 0.15) is 6.04 Å². The number of nitrogens with one attached hydrogen (secondary N) is 2. The fraction of sp³-hybridized carbons (Fsp3) is 0.615. The van der Waals surface area contributed by atoms with Gasteiger partial charge < -0.3 is 9.75 Å². The number of hydrazine groups is 2. The van der Waals surface area contributed by atoms with Crippen LogP contribution >= 0.6 is 0 Å². The van der Waals surface area contributed by atoms with E-state index in [4.69, 9.17) is 4.74 Å². The Balaban J connectivity index is 1.45. The minimum Gasteiger partial charge on any atom is -0.438 e. The van der Waals surface area contributed by atoms with Gasteiger partial charge in [0.15, 0.2) is 6.23 Å². The molecule has 0 saturated carbocycles. The molecule has 102 valence electrons. The summed E-state index contributed by atoms with van der Waals surface area (Å²) in [6, 6.07) is -0.198. The summed E-state index contributed by atoms with van der Waals surface area (Å²) in [7, 11) is 0. The minimum atomic E-state index is -0.198. The first-order valence-electron chi connectivity index (χ1n) is 6.94. The lowest BCUT2D eigenvalue weighted by Gasteiger charge is -2.37. The molecule has 0 aromatic rings. The van der Waals surface area contributed by atoms with Crippen molar-refractivity contribution in [1.82, 2.24) is 20.9 Å². The predicted octanol–water partition coefficient (Wildman–Crippen LogP) is -0.0681. The van der Waals surface area contributed by atoms with Crippen LogP contribution in [0, 0.1) is 11.8 Å². The third-order valence-corrected chi connectivity index (χ3v) is 4.36. The zero-order valence-electron chi connectivity index (χ0n) is 10.7. The number of rotatable bonds is 2. The molecule has 6 nitrogen and oxygen atoms in total. The fourth-order valence-electron chi connectivity index (χ4n) is 3.33. The summed E-state index contributed by atoms with van der Waals surface area (Å²) in [5, 5.41) is 3.80. The van der Waals surface area contributed by atoms with Crippen LogP contribution in [0.4, 0.5) is 0 Å². The highest BCUT2D eigenvalue weighted by molar-refractivity contribution is 5.77. The lowest BCUT2D eigenvalue weighted by atomic mass is 9.97. The summed E-state index contributed by atoms with van der Waals surface area (Å²) in [6.07, 6.45) is 9.96. The van der Waals surface area contributed by atoms with Gasteiger partial charge in [-0.25, -0.2) is 15.6 Å². The van der Waals surface area contributed by atoms with E-state index in [0.717, 1.165) is 25.9 Å². The van der Waals surface area contributed by atoms with Crippen LogP contribution in [0.2, 0.25) is 0 Å². The van der Waals surface area contributed by atoms with Gasteiger partial charge in [-0.15, -0.1) is 0 Å². The van der Waals surface area contributed by atoms with Gasteiger partial charge in [-0.05, 0) is 12.8 Å². The molecule has 2 N–H and O–H groups in total. The predicted molar refractivity (Wildman–Crippen MR) is 67.8 cm³/mol. The van der Waals surface area contributed by atoms with Crippen molar-refractivity contribution in [2.24, 2.45) is 11.8 Å². The Morgan fingerprint density at radius 2 is 1.74 bits per heavy atom. The maximum absolute atomic E-state index is 12.4. The highest BCUT2D eigenvalue weighted by Crippen LogP contribution is 2.31. The third kappa shape index (κ3) is 1.74. The van der Waals surface area contributed by atoms with Crippen LogP contribution in [0.15, 0.2) is 24.6 Å². The summed E-state index contributed by atoms with van der Waals surface area (Å²) in [4.78, 5) is 12.4. The summed E-state index contributed by atoms with van der Waals surface area (Å²) >= 11 is 0. The van der Waals surface area contributed by atoms with Crippen LogP contribution < -0.4 is 10.9 Å². The van der Waals surface area contributed by atoms with E-state index in [9.17, 15) is 4.79 Å². The molecule has 0 aromatic carbocycles. The molecule has 4 bridgehead atoms. The quantitative estimate of drug-likeness (QED) is 0.680. The molecule has 0 amide bonds. The van der Waals surface area contributed by atoms with E-state index >= 15 is 0 Å². The molecule has 4 heterocycles. The number of hydrogen-bond acceptors (Lipinski definition) is 6. The van der Waals surface area contributed by atoms with E-state index in [2.05, 4.69) is 23.0 Å². The molecular formula is C13H18N4O2. The first kappa shape index (κ1) is 11.3. The molecule has 6 heteroatoms. The molecule has 2 fully saturated rings. The Labute approximate surface area is 112 Å². The Morgan fingerprint density at radius 3 is 2.53 bits per heavy atom. The average Bonchev–Trinajstić information content (AvgIpc) is 2.80. The Hall–Kier alpha value is -1.53. The van der Waals surface area contributed by atoms with Gasteiger partial charge in [-0.3, -0.25) is 5.01 Å². The smallest absolute Gasteiger partial charge is 0.332 e. The van der Waals surface area contributed by atoms with Crippen molar-refractivity contribution in [3.05, 3.63) is 24.6 Å². The summed E-state index contributed by atoms with van der Waals surface area (Å²) < 4.78 is 5.74. The van der Waals surface area contributed by atoms with Gasteiger partial charge in [-0.2, -0.15) is 0 Å². The molecular weight excluding hydrogens is 244 g/mol. The van der Waals surface area contributed by atoms with E-state index in [1.807, 2.05) is 22.4 Å². The first-order valence-corrected chi connectivity index (χ1v) is 6.94. The Kier molecular flexibility index (Phi) is 2.53. The SMILES string of the molecule is O=C(OC1C2C=CN1NCC2)C1C2C=CN1NCC2. The lowest BCUT2D eigenvalue weighted by Crippen LogP contribution is -2.55. The van der Waals surface area contributed by atoms with Crippen LogP contribution in [0.3, 0.4) is 0 Å². The lowest BCUT2D eigenvalue weighted by molar-refractivity contribution is -0.173. The molecule has 2 saturated heterocycles. The average molecular weight is 262 g/mol. The zero-order valence-corrected chi connectivity index (χ0v) is 10.7. The third-order valence-electron chi connectivity index (χ3n) is 4.36. The fourth-order valence-corrected chi connectivity index (χ4v) is 3.33. The van der Waals surface area contributed by atoms with Crippen molar-refractivity contribution in [2.75, 3.05) is 13.1 Å². The highest BCUT2D eigenvalue weighted by atomic mass is 16.6. The number of nitrogens with zero attached hydrogens (tertiary/aromatic N) is 2. The zero-order chi connectivity index (χ0) is 12.8. The first-order chi connectivity index (χ1) is 9.33. The molecule has 4 rings (SSSR count). The van der Waals surface area contributed by atoms with Gasteiger partial charge in [0.05, 0.1) is 0 Å². The summed E-state index contributed by atoms with van der Waals surface area (Å²) in [5.41, 5.74) is 6.45. The normalized spacial score (nSPS) is 38.9. The van der Waals surface area contributed by atoms with Crippen molar-refractivity contribution in [3.8, 4) is 0 Å². The number of carbonyl (C=O) groups is 1. The second kappa shape index (κ2) is 4.25. The molecule has 0 spiro atoms. The van der Waals surface area contributed by atoms with Crippen molar-refractivity contribution in [1.29, 1.82) is 0 Å². The van der Waals surface area contributed by atoms with Gasteiger partial charge in [-0.1, -0.05) is 12.2 Å². The second-order valence-corrected chi connectivity index (χ2v) is 5.49. The molecule has 0 aromatic heterocycles. The molecule has 0 aliphatic carbocycles. The number of fused-ring (bicyclic) bond motifs is 4. The van der Waals surface area contributed by atoms with E-state index in [-0.39, 0.29) is 24.2 Å². The second-order valence-electron chi connectivity index (χ2n) is 5.49. The molecule has 4 atom stereocenters. The minimum absolute atomic E-state index is 0.130. The van der Waals surface area contributed by atoms with Crippen LogP contribution in [0.1, 0.15) is 12.8 Å². The highest BCUT2D eigenvalue weighted by Gasteiger charge is 2.43. The maximum Gasteiger partial charge on any atom is 0.332 e. The van der Waals surface area contributed by atoms with Crippen molar-refractivity contribution in [2.45, 2.75) is 25.1 Å². The molecule has 0 radical (unpaired) electrons. The standard InChI is InChI=1S/C13H18N4O2/c18-13(11-9-1-5-14-16(11)7-3-9)19-12-10-2-6-15-17(12)8-4-10/h3-4,7-12,14-15H,1-2,5-6H2. The van der Waals surface area contributed by atoms with E-state index in [1.165, 1.54) is 0 Å².